The van der Waals surface area contributed by atoms with Crippen molar-refractivity contribution in [2.45, 2.75) is 57.7 Å². The molecule has 0 spiro atoms. The Labute approximate surface area is 111 Å². The highest BCUT2D eigenvalue weighted by Crippen LogP contribution is 2.28. The fraction of sp³-hybridized carbons (Fsp3) is 0.625. The van der Waals surface area contributed by atoms with E-state index in [0.717, 1.165) is 6.54 Å². The minimum Gasteiger partial charge on any atom is -0.380 e. The lowest BCUT2D eigenvalue weighted by atomic mass is 9.83. The van der Waals surface area contributed by atoms with Crippen molar-refractivity contribution in [1.29, 1.82) is 0 Å². The van der Waals surface area contributed by atoms with Crippen LogP contribution in [0, 0.1) is 0 Å². The van der Waals surface area contributed by atoms with Gasteiger partial charge in [0.05, 0.1) is 6.61 Å². The van der Waals surface area contributed by atoms with Crippen LogP contribution in [0.2, 0.25) is 0 Å². The minimum absolute atomic E-state index is 0.332. The molecule has 2 rings (SSSR count). The maximum Gasteiger partial charge on any atom is 0.0716 e. The van der Waals surface area contributed by atoms with E-state index < -0.39 is 0 Å². The molecule has 1 saturated carbocycles. The average molecular weight is 247 g/mol. The predicted octanol–water partition coefficient (Wildman–Crippen LogP) is 3.65. The number of hydrogen-bond acceptors (Lipinski definition) is 2. The summed E-state index contributed by atoms with van der Waals surface area (Å²) in [5.41, 5.74) is 3.00. The van der Waals surface area contributed by atoms with Gasteiger partial charge in [0.15, 0.2) is 0 Å². The summed E-state index contributed by atoms with van der Waals surface area (Å²) >= 11 is 0. The van der Waals surface area contributed by atoms with Gasteiger partial charge in [-0.05, 0) is 30.9 Å². The fourth-order valence-electron chi connectivity index (χ4n) is 2.84. The maximum absolute atomic E-state index is 5.26. The van der Waals surface area contributed by atoms with E-state index in [0.29, 0.717) is 12.1 Å². The van der Waals surface area contributed by atoms with E-state index in [2.05, 4.69) is 36.5 Å². The molecule has 1 N–H and O–H groups in total. The third-order valence-corrected chi connectivity index (χ3v) is 4.08. The van der Waals surface area contributed by atoms with Gasteiger partial charge in [0.2, 0.25) is 0 Å². The molecule has 0 amide bonds. The summed E-state index contributed by atoms with van der Waals surface area (Å²) in [6.45, 7) is 4.02. The molecule has 2 heteroatoms. The number of ether oxygens (including phenoxy) is 1. The summed E-state index contributed by atoms with van der Waals surface area (Å²) in [6, 6.07) is 8.55. The smallest absolute Gasteiger partial charge is 0.0716 e. The first-order valence-electron chi connectivity index (χ1n) is 7.04. The summed E-state index contributed by atoms with van der Waals surface area (Å²) in [6.07, 6.45) is 6.74. The standard InChI is InChI=1S/C16H25NO/c1-16(10-6-3-7-11-16)17-12-14-8-4-5-9-15(14)13-18-2/h4-5,8-9,17H,3,6-7,10-13H2,1-2H3. The molecule has 0 aromatic heterocycles. The normalized spacial score (nSPS) is 18.8. The van der Waals surface area contributed by atoms with Crippen molar-refractivity contribution in [2.75, 3.05) is 7.11 Å². The van der Waals surface area contributed by atoms with Crippen LogP contribution in [0.15, 0.2) is 24.3 Å². The van der Waals surface area contributed by atoms with E-state index in [-0.39, 0.29) is 0 Å². The van der Waals surface area contributed by atoms with Gasteiger partial charge in [0.25, 0.3) is 0 Å². The van der Waals surface area contributed by atoms with Crippen LogP contribution in [0.1, 0.15) is 50.2 Å². The quantitative estimate of drug-likeness (QED) is 0.857. The van der Waals surface area contributed by atoms with Crippen LogP contribution in [-0.4, -0.2) is 12.6 Å². The Morgan fingerprint density at radius 2 is 1.78 bits per heavy atom. The molecule has 18 heavy (non-hydrogen) atoms. The molecule has 1 fully saturated rings. The Kier molecular flexibility index (Phi) is 4.79. The Bertz CT molecular complexity index is 369. The number of nitrogens with one attached hydrogen (secondary N) is 1. The molecule has 1 aromatic carbocycles. The Hall–Kier alpha value is -0.860. The number of benzene rings is 1. The predicted molar refractivity (Wildman–Crippen MR) is 75.5 cm³/mol. The molecule has 100 valence electrons. The van der Waals surface area contributed by atoms with E-state index in [1.54, 1.807) is 7.11 Å². The molecule has 0 unspecified atom stereocenters. The number of methoxy groups -OCH3 is 1. The maximum atomic E-state index is 5.26. The second kappa shape index (κ2) is 6.35. The molecule has 0 bridgehead atoms. The molecule has 0 aliphatic heterocycles. The molecule has 0 radical (unpaired) electrons. The molecular formula is C16H25NO. The summed E-state index contributed by atoms with van der Waals surface area (Å²) in [5.74, 6) is 0. The second-order valence-corrected chi connectivity index (χ2v) is 5.68. The van der Waals surface area contributed by atoms with Crippen molar-refractivity contribution in [3.8, 4) is 0 Å². The molecular weight excluding hydrogens is 222 g/mol. The van der Waals surface area contributed by atoms with Gasteiger partial charge in [0, 0.05) is 19.2 Å². The van der Waals surface area contributed by atoms with E-state index >= 15 is 0 Å². The van der Waals surface area contributed by atoms with Gasteiger partial charge in [-0.25, -0.2) is 0 Å². The topological polar surface area (TPSA) is 21.3 Å². The Morgan fingerprint density at radius 3 is 2.44 bits per heavy atom. The molecule has 0 saturated heterocycles. The van der Waals surface area contributed by atoms with Gasteiger partial charge in [0.1, 0.15) is 0 Å². The van der Waals surface area contributed by atoms with Crippen LogP contribution in [0.5, 0.6) is 0 Å². The highest BCUT2D eigenvalue weighted by Gasteiger charge is 2.25. The van der Waals surface area contributed by atoms with E-state index in [4.69, 9.17) is 4.74 Å². The van der Waals surface area contributed by atoms with Crippen molar-refractivity contribution in [3.63, 3.8) is 0 Å². The molecule has 2 nitrogen and oxygen atoms in total. The van der Waals surface area contributed by atoms with Crippen LogP contribution in [0.4, 0.5) is 0 Å². The lowest BCUT2D eigenvalue weighted by Crippen LogP contribution is -2.43. The van der Waals surface area contributed by atoms with Crippen LogP contribution in [-0.2, 0) is 17.9 Å². The minimum atomic E-state index is 0.332. The lowest BCUT2D eigenvalue weighted by molar-refractivity contribution is 0.183. The van der Waals surface area contributed by atoms with Crippen LogP contribution < -0.4 is 5.32 Å². The highest BCUT2D eigenvalue weighted by atomic mass is 16.5. The Morgan fingerprint density at radius 1 is 1.11 bits per heavy atom. The van der Waals surface area contributed by atoms with E-state index in [1.807, 2.05) is 0 Å². The van der Waals surface area contributed by atoms with Gasteiger partial charge in [-0.1, -0.05) is 43.5 Å². The first kappa shape index (κ1) is 13.6. The van der Waals surface area contributed by atoms with Gasteiger partial charge in [-0.15, -0.1) is 0 Å². The average Bonchev–Trinajstić information content (AvgIpc) is 2.39. The van der Waals surface area contributed by atoms with Crippen molar-refractivity contribution in [1.82, 2.24) is 5.32 Å². The third-order valence-electron chi connectivity index (χ3n) is 4.08. The van der Waals surface area contributed by atoms with Crippen LogP contribution >= 0.6 is 0 Å². The van der Waals surface area contributed by atoms with Crippen molar-refractivity contribution >= 4 is 0 Å². The summed E-state index contributed by atoms with van der Waals surface area (Å²) in [5, 5.41) is 3.76. The van der Waals surface area contributed by atoms with Gasteiger partial charge >= 0.3 is 0 Å². The fourth-order valence-corrected chi connectivity index (χ4v) is 2.84. The van der Waals surface area contributed by atoms with Crippen molar-refractivity contribution < 1.29 is 4.74 Å². The lowest BCUT2D eigenvalue weighted by Gasteiger charge is -2.35. The zero-order chi connectivity index (χ0) is 12.8. The zero-order valence-corrected chi connectivity index (χ0v) is 11.7. The molecule has 1 aliphatic carbocycles. The van der Waals surface area contributed by atoms with E-state index in [9.17, 15) is 0 Å². The molecule has 0 heterocycles. The SMILES string of the molecule is COCc1ccccc1CNC1(C)CCCCC1. The summed E-state index contributed by atoms with van der Waals surface area (Å²) in [7, 11) is 1.76. The number of rotatable bonds is 5. The van der Waals surface area contributed by atoms with Crippen LogP contribution in [0.25, 0.3) is 0 Å². The zero-order valence-electron chi connectivity index (χ0n) is 11.7. The van der Waals surface area contributed by atoms with Crippen molar-refractivity contribution in [3.05, 3.63) is 35.4 Å². The van der Waals surface area contributed by atoms with Gasteiger partial charge in [-0.3, -0.25) is 0 Å². The van der Waals surface area contributed by atoms with Gasteiger partial charge in [-0.2, -0.15) is 0 Å². The van der Waals surface area contributed by atoms with E-state index in [1.165, 1.54) is 43.2 Å². The monoisotopic (exact) mass is 247 g/mol. The van der Waals surface area contributed by atoms with Crippen molar-refractivity contribution in [2.24, 2.45) is 0 Å². The van der Waals surface area contributed by atoms with Crippen LogP contribution in [0.3, 0.4) is 0 Å². The molecule has 0 atom stereocenters. The highest BCUT2D eigenvalue weighted by molar-refractivity contribution is 5.26. The largest absolute Gasteiger partial charge is 0.380 e. The first-order valence-corrected chi connectivity index (χ1v) is 7.04. The molecule has 1 aliphatic rings. The Balaban J connectivity index is 1.96. The van der Waals surface area contributed by atoms with Gasteiger partial charge < -0.3 is 10.1 Å². The first-order chi connectivity index (χ1) is 8.73. The summed E-state index contributed by atoms with van der Waals surface area (Å²) in [4.78, 5) is 0. The summed E-state index contributed by atoms with van der Waals surface area (Å²) < 4.78 is 5.26. The third kappa shape index (κ3) is 3.56. The number of hydrogen-bond donors (Lipinski definition) is 1. The molecule has 1 aromatic rings. The second-order valence-electron chi connectivity index (χ2n) is 5.68.